The molecule has 21 heavy (non-hydrogen) atoms. The zero-order chi connectivity index (χ0) is 15.1. The lowest BCUT2D eigenvalue weighted by Crippen LogP contribution is -2.27. The van der Waals surface area contributed by atoms with Crippen molar-refractivity contribution in [2.24, 2.45) is 0 Å². The van der Waals surface area contributed by atoms with Crippen LogP contribution in [0.25, 0.3) is 11.2 Å². The lowest BCUT2D eigenvalue weighted by Gasteiger charge is -2.13. The zero-order valence-corrected chi connectivity index (χ0v) is 12.3. The van der Waals surface area contributed by atoms with Gasteiger partial charge in [0.15, 0.2) is 5.65 Å². The lowest BCUT2D eigenvalue weighted by molar-refractivity contribution is -0.137. The largest absolute Gasteiger partial charge is 0.481 e. The van der Waals surface area contributed by atoms with Crippen LogP contribution >= 0.6 is 11.6 Å². The fraction of sp³-hybridized carbons (Fsp3) is 0.385. The van der Waals surface area contributed by atoms with E-state index in [0.717, 1.165) is 4.90 Å². The number of hydrogen-bond acceptors (Lipinski definition) is 5. The summed E-state index contributed by atoms with van der Waals surface area (Å²) in [7, 11) is 2.98. The van der Waals surface area contributed by atoms with Gasteiger partial charge in [-0.25, -0.2) is 4.98 Å². The van der Waals surface area contributed by atoms with E-state index in [4.69, 9.17) is 16.3 Å². The van der Waals surface area contributed by atoms with Gasteiger partial charge in [-0.05, 0) is 6.07 Å². The smallest absolute Gasteiger partial charge is 0.252 e. The molecule has 0 bridgehead atoms. The molecule has 1 saturated heterocycles. The molecule has 1 atom stereocenters. The molecule has 2 amide bonds. The number of carbonyl (C=O) groups excluding carboxylic acids is 2. The predicted octanol–water partition coefficient (Wildman–Crippen LogP) is 1.11. The van der Waals surface area contributed by atoms with Crippen molar-refractivity contribution >= 4 is 34.6 Å². The molecule has 1 aliphatic rings. The number of pyridine rings is 1. The summed E-state index contributed by atoms with van der Waals surface area (Å²) in [4.78, 5) is 33.8. The number of rotatable bonds is 3. The molecule has 2 aromatic heterocycles. The van der Waals surface area contributed by atoms with E-state index in [1.54, 1.807) is 16.7 Å². The molecule has 0 radical (unpaired) electrons. The summed E-state index contributed by atoms with van der Waals surface area (Å²) >= 11 is 5.92. The number of imide groups is 1. The number of alkyl halides is 1. The van der Waals surface area contributed by atoms with Crippen LogP contribution in [0.4, 0.5) is 0 Å². The molecule has 0 N–H and O–H groups in total. The van der Waals surface area contributed by atoms with E-state index >= 15 is 0 Å². The lowest BCUT2D eigenvalue weighted by atomic mass is 10.2. The highest BCUT2D eigenvalue weighted by atomic mass is 35.5. The molecule has 3 heterocycles. The minimum Gasteiger partial charge on any atom is -0.481 e. The number of methoxy groups -OCH3 is 1. The molecule has 0 spiro atoms. The summed E-state index contributed by atoms with van der Waals surface area (Å²) < 4.78 is 6.74. The first kappa shape index (κ1) is 13.8. The molecule has 8 heteroatoms. The molecule has 2 aromatic rings. The van der Waals surface area contributed by atoms with Crippen molar-refractivity contribution in [1.82, 2.24) is 19.4 Å². The summed E-state index contributed by atoms with van der Waals surface area (Å²) in [5.41, 5.74) is 1.10. The zero-order valence-electron chi connectivity index (χ0n) is 11.5. The molecule has 110 valence electrons. The fourth-order valence-electron chi connectivity index (χ4n) is 2.48. The van der Waals surface area contributed by atoms with E-state index in [2.05, 4.69) is 9.97 Å². The highest BCUT2D eigenvalue weighted by Crippen LogP contribution is 2.30. The third-order valence-corrected chi connectivity index (χ3v) is 3.82. The van der Waals surface area contributed by atoms with Gasteiger partial charge in [0.25, 0.3) is 5.91 Å². The van der Waals surface area contributed by atoms with Gasteiger partial charge in [-0.2, -0.15) is 4.98 Å². The normalized spacial score (nSPS) is 18.8. The summed E-state index contributed by atoms with van der Waals surface area (Å²) in [6.45, 7) is 0. The minimum absolute atomic E-state index is 0.0869. The Morgan fingerprint density at radius 1 is 1.38 bits per heavy atom. The number of nitrogens with zero attached hydrogens (tertiary/aromatic N) is 4. The Morgan fingerprint density at radius 3 is 2.71 bits per heavy atom. The molecule has 1 aliphatic heterocycles. The van der Waals surface area contributed by atoms with Crippen LogP contribution in [0.3, 0.4) is 0 Å². The van der Waals surface area contributed by atoms with Gasteiger partial charge in [0.05, 0.1) is 19.4 Å². The Kier molecular flexibility index (Phi) is 3.29. The average Bonchev–Trinajstić information content (AvgIpc) is 2.98. The van der Waals surface area contributed by atoms with Gasteiger partial charge in [-0.1, -0.05) is 0 Å². The third-order valence-electron chi connectivity index (χ3n) is 3.58. The first-order valence-corrected chi connectivity index (χ1v) is 6.88. The van der Waals surface area contributed by atoms with E-state index in [1.165, 1.54) is 14.2 Å². The topological polar surface area (TPSA) is 77.3 Å². The van der Waals surface area contributed by atoms with Gasteiger partial charge in [0.2, 0.25) is 11.8 Å². The number of imidazole rings is 1. The van der Waals surface area contributed by atoms with Crippen LogP contribution in [-0.2, 0) is 15.5 Å². The number of halogens is 1. The molecular formula is C13H13ClN4O3. The van der Waals surface area contributed by atoms with Crippen molar-refractivity contribution in [3.63, 3.8) is 0 Å². The minimum atomic E-state index is -0.652. The summed E-state index contributed by atoms with van der Waals surface area (Å²) in [5.74, 6) is 0.537. The number of likely N-dealkylation sites (N-methyl/N-ethyl adjacent to an activating group) is 1. The molecule has 0 aliphatic carbocycles. The quantitative estimate of drug-likeness (QED) is 0.627. The number of fused-ring (bicyclic) bond motifs is 1. The van der Waals surface area contributed by atoms with E-state index in [9.17, 15) is 9.59 Å². The van der Waals surface area contributed by atoms with E-state index in [0.29, 0.717) is 22.9 Å². The highest BCUT2D eigenvalue weighted by molar-refractivity contribution is 6.17. The standard InChI is InChI=1S/C13H13ClN4O3/c1-17-11(19)5-8(13(17)20)18-9(6-14)15-7-3-4-10(21-2)16-12(7)18/h3-4,8H,5-6H2,1-2H3. The maximum Gasteiger partial charge on any atom is 0.252 e. The number of likely N-dealkylation sites (tertiary alicyclic amines) is 1. The van der Waals surface area contributed by atoms with E-state index < -0.39 is 6.04 Å². The third kappa shape index (κ3) is 2.04. The van der Waals surface area contributed by atoms with E-state index in [-0.39, 0.29) is 24.1 Å². The van der Waals surface area contributed by atoms with Crippen molar-refractivity contribution < 1.29 is 14.3 Å². The van der Waals surface area contributed by atoms with Gasteiger partial charge in [0, 0.05) is 13.1 Å². The van der Waals surface area contributed by atoms with Gasteiger partial charge in [-0.15, -0.1) is 11.6 Å². The summed E-state index contributed by atoms with van der Waals surface area (Å²) in [6, 6.07) is 2.78. The maximum absolute atomic E-state index is 12.2. The van der Waals surface area contributed by atoms with Crippen LogP contribution in [0, 0.1) is 0 Å². The Hall–Kier alpha value is -2.15. The number of carbonyl (C=O) groups is 2. The molecule has 0 saturated carbocycles. The van der Waals surface area contributed by atoms with Crippen molar-refractivity contribution in [2.45, 2.75) is 18.3 Å². The van der Waals surface area contributed by atoms with Crippen LogP contribution in [0.1, 0.15) is 18.3 Å². The Bertz CT molecular complexity index is 742. The number of hydrogen-bond donors (Lipinski definition) is 0. The molecular weight excluding hydrogens is 296 g/mol. The van der Waals surface area contributed by atoms with Crippen LogP contribution < -0.4 is 4.74 Å². The summed E-state index contributed by atoms with van der Waals surface area (Å²) in [6.07, 6.45) is 0.0869. The second-order valence-electron chi connectivity index (χ2n) is 4.74. The summed E-state index contributed by atoms with van der Waals surface area (Å²) in [5, 5.41) is 0. The number of ether oxygens (including phenoxy) is 1. The highest BCUT2D eigenvalue weighted by Gasteiger charge is 2.39. The monoisotopic (exact) mass is 308 g/mol. The van der Waals surface area contributed by atoms with E-state index in [1.807, 2.05) is 0 Å². The van der Waals surface area contributed by atoms with Gasteiger partial charge in [0.1, 0.15) is 17.4 Å². The Morgan fingerprint density at radius 2 is 2.14 bits per heavy atom. The molecule has 1 unspecified atom stereocenters. The van der Waals surface area contributed by atoms with Crippen molar-refractivity contribution in [3.8, 4) is 5.88 Å². The average molecular weight is 309 g/mol. The molecule has 7 nitrogen and oxygen atoms in total. The van der Waals surface area contributed by atoms with Crippen LogP contribution in [0.5, 0.6) is 5.88 Å². The second kappa shape index (κ2) is 5.00. The molecule has 3 rings (SSSR count). The van der Waals surface area contributed by atoms with Gasteiger partial charge < -0.3 is 4.74 Å². The first-order chi connectivity index (χ1) is 10.1. The van der Waals surface area contributed by atoms with Gasteiger partial charge >= 0.3 is 0 Å². The number of aromatic nitrogens is 3. The Labute approximate surface area is 125 Å². The first-order valence-electron chi connectivity index (χ1n) is 6.35. The van der Waals surface area contributed by atoms with Crippen LogP contribution in [0.15, 0.2) is 12.1 Å². The van der Waals surface area contributed by atoms with Crippen LogP contribution in [-0.4, -0.2) is 45.4 Å². The van der Waals surface area contributed by atoms with Crippen LogP contribution in [0.2, 0.25) is 0 Å². The van der Waals surface area contributed by atoms with Crippen molar-refractivity contribution in [3.05, 3.63) is 18.0 Å². The molecule has 1 fully saturated rings. The predicted molar refractivity (Wildman–Crippen MR) is 75.1 cm³/mol. The number of amides is 2. The molecule has 0 aromatic carbocycles. The van der Waals surface area contributed by atoms with Crippen molar-refractivity contribution in [1.29, 1.82) is 0 Å². The van der Waals surface area contributed by atoms with Crippen molar-refractivity contribution in [2.75, 3.05) is 14.2 Å². The second-order valence-corrected chi connectivity index (χ2v) is 5.01. The fourth-order valence-corrected chi connectivity index (χ4v) is 2.67. The maximum atomic E-state index is 12.2. The Balaban J connectivity index is 2.20. The SMILES string of the molecule is COc1ccc2nc(CCl)n(C3CC(=O)N(C)C3=O)c2n1. The van der Waals surface area contributed by atoms with Gasteiger partial charge in [-0.3, -0.25) is 19.1 Å².